The first-order valence-electron chi connectivity index (χ1n) is 8.39. The molecule has 1 atom stereocenters. The standard InChI is InChI=1S/C19H21ClFN3O2/c1-11(18-15(20)4-3-5-16(18)21)24-19(25)12-6-7-14(17(8-12)26-2)13-9-22-23-10-13/h3-8,11,13,22-23H,9-10H2,1-2H3,(H,24,25). The Balaban J connectivity index is 1.79. The highest BCUT2D eigenvalue weighted by Crippen LogP contribution is 2.29. The normalized spacial score (nSPS) is 15.7. The molecule has 1 heterocycles. The average Bonchev–Trinajstić information content (AvgIpc) is 3.15. The largest absolute Gasteiger partial charge is 0.496 e. The Hall–Kier alpha value is -2.15. The second kappa shape index (κ2) is 8.03. The van der Waals surface area contributed by atoms with Crippen molar-refractivity contribution in [2.24, 2.45) is 0 Å². The van der Waals surface area contributed by atoms with Crippen molar-refractivity contribution < 1.29 is 13.9 Å². The van der Waals surface area contributed by atoms with E-state index in [2.05, 4.69) is 16.2 Å². The lowest BCUT2D eigenvalue weighted by Gasteiger charge is -2.18. The van der Waals surface area contributed by atoms with Crippen molar-refractivity contribution in [2.75, 3.05) is 20.2 Å². The van der Waals surface area contributed by atoms with E-state index >= 15 is 0 Å². The first kappa shape index (κ1) is 18.6. The lowest BCUT2D eigenvalue weighted by atomic mass is 9.97. The average molecular weight is 378 g/mol. The maximum Gasteiger partial charge on any atom is 0.251 e. The van der Waals surface area contributed by atoms with E-state index < -0.39 is 11.9 Å². The summed E-state index contributed by atoms with van der Waals surface area (Å²) in [6, 6.07) is 9.25. The molecule has 1 amide bonds. The van der Waals surface area contributed by atoms with Crippen LogP contribution in [-0.2, 0) is 0 Å². The maximum atomic E-state index is 14.0. The number of amides is 1. The number of carbonyl (C=O) groups is 1. The minimum Gasteiger partial charge on any atom is -0.496 e. The van der Waals surface area contributed by atoms with E-state index in [0.717, 1.165) is 18.7 Å². The van der Waals surface area contributed by atoms with Crippen LogP contribution in [0.1, 0.15) is 40.4 Å². The van der Waals surface area contributed by atoms with E-state index in [1.54, 1.807) is 32.2 Å². The van der Waals surface area contributed by atoms with Gasteiger partial charge in [-0.25, -0.2) is 4.39 Å². The third kappa shape index (κ3) is 3.82. The van der Waals surface area contributed by atoms with Gasteiger partial charge in [0.15, 0.2) is 0 Å². The molecular formula is C19H21ClFN3O2. The molecular weight excluding hydrogens is 357 g/mol. The van der Waals surface area contributed by atoms with Gasteiger partial charge in [-0.05, 0) is 36.8 Å². The van der Waals surface area contributed by atoms with Crippen LogP contribution in [0.25, 0.3) is 0 Å². The van der Waals surface area contributed by atoms with Gasteiger partial charge in [0.2, 0.25) is 0 Å². The van der Waals surface area contributed by atoms with Crippen LogP contribution in [0.5, 0.6) is 5.75 Å². The second-order valence-electron chi connectivity index (χ2n) is 6.25. The van der Waals surface area contributed by atoms with Gasteiger partial charge < -0.3 is 10.1 Å². The van der Waals surface area contributed by atoms with Crippen molar-refractivity contribution in [3.05, 3.63) is 63.9 Å². The Bertz CT molecular complexity index is 789. The van der Waals surface area contributed by atoms with Crippen LogP contribution in [0.4, 0.5) is 4.39 Å². The molecule has 0 aromatic heterocycles. The predicted octanol–water partition coefficient (Wildman–Crippen LogP) is 3.17. The summed E-state index contributed by atoms with van der Waals surface area (Å²) in [5.41, 5.74) is 7.92. The number of halogens is 2. The minimum atomic E-state index is -0.565. The van der Waals surface area contributed by atoms with Gasteiger partial charge in [-0.1, -0.05) is 23.7 Å². The first-order chi connectivity index (χ1) is 12.5. The molecule has 1 fully saturated rings. The molecule has 26 heavy (non-hydrogen) atoms. The SMILES string of the molecule is COc1cc(C(=O)NC(C)c2c(F)cccc2Cl)ccc1C1CNNC1. The Morgan fingerprint density at radius 3 is 2.69 bits per heavy atom. The molecule has 7 heteroatoms. The first-order valence-corrected chi connectivity index (χ1v) is 8.77. The molecule has 0 saturated carbocycles. The van der Waals surface area contributed by atoms with Crippen molar-refractivity contribution in [3.63, 3.8) is 0 Å². The second-order valence-corrected chi connectivity index (χ2v) is 6.65. The summed E-state index contributed by atoms with van der Waals surface area (Å²) in [7, 11) is 1.58. The number of hydrogen-bond donors (Lipinski definition) is 3. The van der Waals surface area contributed by atoms with Crippen LogP contribution in [0.3, 0.4) is 0 Å². The number of hydrazine groups is 1. The van der Waals surface area contributed by atoms with Crippen LogP contribution in [-0.4, -0.2) is 26.1 Å². The van der Waals surface area contributed by atoms with Crippen LogP contribution < -0.4 is 20.9 Å². The minimum absolute atomic E-state index is 0.272. The summed E-state index contributed by atoms with van der Waals surface area (Å²) < 4.78 is 19.5. The molecule has 1 saturated heterocycles. The molecule has 138 valence electrons. The molecule has 0 spiro atoms. The van der Waals surface area contributed by atoms with Gasteiger partial charge in [0, 0.05) is 35.2 Å². The van der Waals surface area contributed by atoms with E-state index in [0.29, 0.717) is 11.3 Å². The van der Waals surface area contributed by atoms with Crippen LogP contribution in [0.15, 0.2) is 36.4 Å². The van der Waals surface area contributed by atoms with E-state index in [9.17, 15) is 9.18 Å². The van der Waals surface area contributed by atoms with Gasteiger partial charge in [0.25, 0.3) is 5.91 Å². The number of benzene rings is 2. The summed E-state index contributed by atoms with van der Waals surface area (Å²) in [4.78, 5) is 12.6. The fraction of sp³-hybridized carbons (Fsp3) is 0.316. The van der Waals surface area contributed by atoms with Gasteiger partial charge in [-0.3, -0.25) is 15.6 Å². The molecule has 3 rings (SSSR count). The molecule has 0 bridgehead atoms. The molecule has 0 aliphatic carbocycles. The van der Waals surface area contributed by atoms with Crippen LogP contribution in [0, 0.1) is 5.82 Å². The van der Waals surface area contributed by atoms with Gasteiger partial charge in [0.05, 0.1) is 13.2 Å². The number of hydrogen-bond acceptors (Lipinski definition) is 4. The quantitative estimate of drug-likeness (QED) is 0.749. The fourth-order valence-electron chi connectivity index (χ4n) is 3.15. The third-order valence-corrected chi connectivity index (χ3v) is 4.87. The summed E-state index contributed by atoms with van der Waals surface area (Å²) >= 11 is 6.07. The molecule has 2 aromatic rings. The summed E-state index contributed by atoms with van der Waals surface area (Å²) in [6.45, 7) is 3.29. The van der Waals surface area contributed by atoms with Gasteiger partial charge in [-0.2, -0.15) is 0 Å². The number of ether oxygens (including phenoxy) is 1. The summed E-state index contributed by atoms with van der Waals surface area (Å²) in [6.07, 6.45) is 0. The Labute approximate surface area is 156 Å². The van der Waals surface area contributed by atoms with Gasteiger partial charge >= 0.3 is 0 Å². The Morgan fingerprint density at radius 1 is 1.31 bits per heavy atom. The Morgan fingerprint density at radius 2 is 2.04 bits per heavy atom. The molecule has 1 unspecified atom stereocenters. The maximum absolute atomic E-state index is 14.0. The zero-order chi connectivity index (χ0) is 18.7. The summed E-state index contributed by atoms with van der Waals surface area (Å²) in [5.74, 6) is 0.173. The lowest BCUT2D eigenvalue weighted by Crippen LogP contribution is -2.27. The zero-order valence-corrected chi connectivity index (χ0v) is 15.4. The summed E-state index contributed by atoms with van der Waals surface area (Å²) in [5, 5.41) is 3.08. The van der Waals surface area contributed by atoms with Crippen molar-refractivity contribution in [2.45, 2.75) is 18.9 Å². The van der Waals surface area contributed by atoms with Crippen LogP contribution >= 0.6 is 11.6 Å². The zero-order valence-electron chi connectivity index (χ0n) is 14.6. The number of nitrogens with one attached hydrogen (secondary N) is 3. The highest BCUT2D eigenvalue weighted by molar-refractivity contribution is 6.31. The molecule has 0 radical (unpaired) electrons. The van der Waals surface area contributed by atoms with Crippen molar-refractivity contribution in [3.8, 4) is 5.75 Å². The highest BCUT2D eigenvalue weighted by atomic mass is 35.5. The fourth-order valence-corrected chi connectivity index (χ4v) is 3.48. The van der Waals surface area contributed by atoms with Crippen molar-refractivity contribution in [1.82, 2.24) is 16.2 Å². The molecule has 1 aliphatic heterocycles. The van der Waals surface area contributed by atoms with E-state index in [-0.39, 0.29) is 22.4 Å². The topological polar surface area (TPSA) is 62.4 Å². The Kier molecular flexibility index (Phi) is 5.76. The molecule has 3 N–H and O–H groups in total. The molecule has 2 aromatic carbocycles. The van der Waals surface area contributed by atoms with Gasteiger partial charge in [-0.15, -0.1) is 0 Å². The van der Waals surface area contributed by atoms with E-state index in [4.69, 9.17) is 16.3 Å². The van der Waals surface area contributed by atoms with E-state index in [1.165, 1.54) is 12.1 Å². The molecule has 1 aliphatic rings. The highest BCUT2D eigenvalue weighted by Gasteiger charge is 2.22. The lowest BCUT2D eigenvalue weighted by molar-refractivity contribution is 0.0939. The predicted molar refractivity (Wildman–Crippen MR) is 99.0 cm³/mol. The smallest absolute Gasteiger partial charge is 0.251 e. The number of carbonyl (C=O) groups excluding carboxylic acids is 1. The van der Waals surface area contributed by atoms with Gasteiger partial charge in [0.1, 0.15) is 11.6 Å². The number of methoxy groups -OCH3 is 1. The number of rotatable bonds is 5. The monoisotopic (exact) mass is 377 g/mol. The van der Waals surface area contributed by atoms with E-state index in [1.807, 2.05) is 6.07 Å². The molecule has 5 nitrogen and oxygen atoms in total. The van der Waals surface area contributed by atoms with Crippen LogP contribution in [0.2, 0.25) is 5.02 Å². The third-order valence-electron chi connectivity index (χ3n) is 4.54. The van der Waals surface area contributed by atoms with Crippen molar-refractivity contribution >= 4 is 17.5 Å². The van der Waals surface area contributed by atoms with Crippen molar-refractivity contribution in [1.29, 1.82) is 0 Å².